The van der Waals surface area contributed by atoms with E-state index in [4.69, 9.17) is 9.47 Å². The van der Waals surface area contributed by atoms with Gasteiger partial charge in [0.25, 0.3) is 0 Å². The molecule has 0 aromatic rings. The van der Waals surface area contributed by atoms with Crippen molar-refractivity contribution in [3.8, 4) is 0 Å². The van der Waals surface area contributed by atoms with Crippen LogP contribution in [-0.4, -0.2) is 51.5 Å². The fraction of sp³-hybridized carbons (Fsp3) is 0.947. The van der Waals surface area contributed by atoms with Gasteiger partial charge in [0.15, 0.2) is 0 Å². The van der Waals surface area contributed by atoms with Crippen molar-refractivity contribution in [2.45, 2.75) is 70.4 Å². The van der Waals surface area contributed by atoms with Gasteiger partial charge in [-0.2, -0.15) is 0 Å². The molecular weight excluding hydrogens is 304 g/mol. The van der Waals surface area contributed by atoms with Gasteiger partial charge in [-0.05, 0) is 52.1 Å². The van der Waals surface area contributed by atoms with Gasteiger partial charge < -0.3 is 20.1 Å². The summed E-state index contributed by atoms with van der Waals surface area (Å²) >= 11 is 0. The summed E-state index contributed by atoms with van der Waals surface area (Å²) in [5.74, 6) is 0.204. The predicted octanol–water partition coefficient (Wildman–Crippen LogP) is 2.25. The Morgan fingerprint density at radius 1 is 1.17 bits per heavy atom. The average Bonchev–Trinajstić information content (AvgIpc) is 2.62. The van der Waals surface area contributed by atoms with Crippen LogP contribution in [0.1, 0.15) is 58.3 Å². The van der Waals surface area contributed by atoms with Crippen LogP contribution >= 0.6 is 0 Å². The third-order valence-electron chi connectivity index (χ3n) is 6.71. The standard InChI is InChI=1S/C19H34N2O3/c1-3-24-16-13-15(19(16)7-5-4-6-8-19)21-17(22)18(14-23-2)9-11-20-12-10-18/h15-16,20H,3-14H2,1-2H3,(H,21,22). The molecule has 1 amide bonds. The molecule has 0 aromatic carbocycles. The van der Waals surface area contributed by atoms with Crippen LogP contribution < -0.4 is 10.6 Å². The number of rotatable bonds is 6. The molecule has 1 aliphatic heterocycles. The molecule has 138 valence electrons. The molecule has 2 saturated carbocycles. The number of amides is 1. The highest BCUT2D eigenvalue weighted by Gasteiger charge is 2.57. The first-order valence-electron chi connectivity index (χ1n) is 9.79. The zero-order chi connectivity index (χ0) is 17.0. The van der Waals surface area contributed by atoms with Crippen molar-refractivity contribution < 1.29 is 14.3 Å². The molecule has 2 atom stereocenters. The minimum atomic E-state index is -0.355. The minimum Gasteiger partial charge on any atom is -0.384 e. The van der Waals surface area contributed by atoms with Crippen LogP contribution in [0.4, 0.5) is 0 Å². The van der Waals surface area contributed by atoms with Gasteiger partial charge in [-0.3, -0.25) is 4.79 Å². The molecule has 1 spiro atoms. The maximum Gasteiger partial charge on any atom is 0.228 e. The molecule has 3 aliphatic rings. The van der Waals surface area contributed by atoms with Gasteiger partial charge in [-0.25, -0.2) is 0 Å². The molecule has 5 nitrogen and oxygen atoms in total. The fourth-order valence-corrected chi connectivity index (χ4v) is 5.20. The van der Waals surface area contributed by atoms with Crippen molar-refractivity contribution in [1.82, 2.24) is 10.6 Å². The lowest BCUT2D eigenvalue weighted by molar-refractivity contribution is -0.163. The van der Waals surface area contributed by atoms with E-state index in [0.29, 0.717) is 12.7 Å². The van der Waals surface area contributed by atoms with Crippen LogP contribution in [0, 0.1) is 10.8 Å². The molecule has 24 heavy (non-hydrogen) atoms. The number of nitrogens with one attached hydrogen (secondary N) is 2. The van der Waals surface area contributed by atoms with Crippen molar-refractivity contribution >= 4 is 5.91 Å². The monoisotopic (exact) mass is 338 g/mol. The second kappa shape index (κ2) is 7.71. The Kier molecular flexibility index (Phi) is 5.83. The lowest BCUT2D eigenvalue weighted by atomic mass is 9.55. The molecule has 5 heteroatoms. The van der Waals surface area contributed by atoms with Gasteiger partial charge >= 0.3 is 0 Å². The summed E-state index contributed by atoms with van der Waals surface area (Å²) in [5, 5.41) is 6.79. The SMILES string of the molecule is CCOC1CC(NC(=O)C2(COC)CCNCC2)C12CCCCC2. The third-order valence-corrected chi connectivity index (χ3v) is 6.71. The summed E-state index contributed by atoms with van der Waals surface area (Å²) in [7, 11) is 1.70. The van der Waals surface area contributed by atoms with E-state index in [9.17, 15) is 4.79 Å². The van der Waals surface area contributed by atoms with Crippen LogP contribution in [0.3, 0.4) is 0 Å². The molecule has 1 heterocycles. The number of carbonyl (C=O) groups excluding carboxylic acids is 1. The fourth-order valence-electron chi connectivity index (χ4n) is 5.20. The molecule has 2 N–H and O–H groups in total. The quantitative estimate of drug-likeness (QED) is 0.780. The van der Waals surface area contributed by atoms with E-state index in [1.807, 2.05) is 0 Å². The Hall–Kier alpha value is -0.650. The van der Waals surface area contributed by atoms with E-state index in [1.165, 1.54) is 32.1 Å². The number of piperidine rings is 1. The van der Waals surface area contributed by atoms with Gasteiger partial charge in [0.1, 0.15) is 0 Å². The second-order valence-electron chi connectivity index (χ2n) is 7.96. The summed E-state index contributed by atoms with van der Waals surface area (Å²) in [6.07, 6.45) is 9.28. The van der Waals surface area contributed by atoms with Crippen molar-refractivity contribution in [3.05, 3.63) is 0 Å². The Morgan fingerprint density at radius 2 is 1.88 bits per heavy atom. The smallest absolute Gasteiger partial charge is 0.228 e. The van der Waals surface area contributed by atoms with E-state index in [-0.39, 0.29) is 22.8 Å². The maximum absolute atomic E-state index is 13.1. The first kappa shape index (κ1) is 18.2. The van der Waals surface area contributed by atoms with E-state index in [0.717, 1.165) is 39.0 Å². The number of carbonyl (C=O) groups is 1. The normalized spacial score (nSPS) is 31.4. The van der Waals surface area contributed by atoms with Gasteiger partial charge in [-0.15, -0.1) is 0 Å². The molecule has 2 unspecified atom stereocenters. The summed E-state index contributed by atoms with van der Waals surface area (Å²) in [4.78, 5) is 13.1. The minimum absolute atomic E-state index is 0.186. The first-order chi connectivity index (χ1) is 11.7. The topological polar surface area (TPSA) is 59.6 Å². The van der Waals surface area contributed by atoms with Gasteiger partial charge in [-0.1, -0.05) is 19.3 Å². The Morgan fingerprint density at radius 3 is 2.50 bits per heavy atom. The summed E-state index contributed by atoms with van der Waals surface area (Å²) in [6, 6.07) is 0.283. The van der Waals surface area contributed by atoms with Crippen LogP contribution in [0.5, 0.6) is 0 Å². The van der Waals surface area contributed by atoms with Crippen LogP contribution in [0.25, 0.3) is 0 Å². The highest BCUT2D eigenvalue weighted by molar-refractivity contribution is 5.83. The Balaban J connectivity index is 1.68. The molecule has 0 radical (unpaired) electrons. The largest absolute Gasteiger partial charge is 0.384 e. The molecule has 3 fully saturated rings. The average molecular weight is 338 g/mol. The van der Waals surface area contributed by atoms with Crippen LogP contribution in [0.15, 0.2) is 0 Å². The highest BCUT2D eigenvalue weighted by atomic mass is 16.5. The summed E-state index contributed by atoms with van der Waals surface area (Å²) in [5.41, 5.74) is -0.169. The van der Waals surface area contributed by atoms with E-state index in [2.05, 4.69) is 17.6 Å². The zero-order valence-corrected chi connectivity index (χ0v) is 15.4. The van der Waals surface area contributed by atoms with Gasteiger partial charge in [0, 0.05) is 25.2 Å². The van der Waals surface area contributed by atoms with Crippen molar-refractivity contribution in [2.75, 3.05) is 33.4 Å². The van der Waals surface area contributed by atoms with Crippen molar-refractivity contribution in [1.29, 1.82) is 0 Å². The molecular formula is C19H34N2O3. The van der Waals surface area contributed by atoms with E-state index >= 15 is 0 Å². The number of hydrogen-bond donors (Lipinski definition) is 2. The lowest BCUT2D eigenvalue weighted by Gasteiger charge is -2.58. The summed E-state index contributed by atoms with van der Waals surface area (Å²) in [6.45, 7) is 5.16. The first-order valence-corrected chi connectivity index (χ1v) is 9.79. The van der Waals surface area contributed by atoms with E-state index < -0.39 is 0 Å². The maximum atomic E-state index is 13.1. The second-order valence-corrected chi connectivity index (χ2v) is 7.96. The predicted molar refractivity (Wildman–Crippen MR) is 93.9 cm³/mol. The van der Waals surface area contributed by atoms with Gasteiger partial charge in [0.2, 0.25) is 5.91 Å². The van der Waals surface area contributed by atoms with E-state index in [1.54, 1.807) is 7.11 Å². The molecule has 1 saturated heterocycles. The number of ether oxygens (including phenoxy) is 2. The van der Waals surface area contributed by atoms with Crippen molar-refractivity contribution in [3.63, 3.8) is 0 Å². The Bertz CT molecular complexity index is 423. The van der Waals surface area contributed by atoms with Crippen LogP contribution in [-0.2, 0) is 14.3 Å². The molecule has 0 aromatic heterocycles. The van der Waals surface area contributed by atoms with Crippen molar-refractivity contribution in [2.24, 2.45) is 10.8 Å². The Labute approximate surface area is 146 Å². The zero-order valence-electron chi connectivity index (χ0n) is 15.4. The highest BCUT2D eigenvalue weighted by Crippen LogP contribution is 2.53. The van der Waals surface area contributed by atoms with Gasteiger partial charge in [0.05, 0.1) is 18.1 Å². The molecule has 0 bridgehead atoms. The molecule has 3 rings (SSSR count). The third kappa shape index (κ3) is 3.23. The number of hydrogen-bond acceptors (Lipinski definition) is 4. The van der Waals surface area contributed by atoms with Crippen LogP contribution in [0.2, 0.25) is 0 Å². The molecule has 2 aliphatic carbocycles. The summed E-state index contributed by atoms with van der Waals surface area (Å²) < 4.78 is 11.4. The number of methoxy groups -OCH3 is 1. The lowest BCUT2D eigenvalue weighted by Crippen LogP contribution is -2.67.